The van der Waals surface area contributed by atoms with Gasteiger partial charge >= 0.3 is 5.97 Å². The largest absolute Gasteiger partial charge is 0.481 e. The monoisotopic (exact) mass is 471 g/mol. The number of aromatic nitrogens is 1. The van der Waals surface area contributed by atoms with Gasteiger partial charge in [0.2, 0.25) is 5.88 Å². The molecule has 3 N–H and O–H groups in total. The number of carbonyl (C=O) groups is 1. The normalized spacial score (nSPS) is 17.6. The van der Waals surface area contributed by atoms with Crippen molar-refractivity contribution in [3.63, 3.8) is 0 Å². The Hall–Kier alpha value is -3.97. The highest BCUT2D eigenvalue weighted by atomic mass is 19.1. The van der Waals surface area contributed by atoms with E-state index in [2.05, 4.69) is 15.8 Å². The number of ether oxygens (including phenoxy) is 1. The molecule has 2 aliphatic rings. The minimum absolute atomic E-state index is 0.371. The molecule has 0 amide bonds. The van der Waals surface area contributed by atoms with Gasteiger partial charge in [0.25, 0.3) is 0 Å². The van der Waals surface area contributed by atoms with E-state index in [9.17, 15) is 9.18 Å². The molecule has 0 radical (unpaired) electrons. The molecular weight excluding hydrogens is 445 g/mol. The summed E-state index contributed by atoms with van der Waals surface area (Å²) >= 11 is 0. The number of nitrogens with zero attached hydrogens (tertiary/aromatic N) is 1. The maximum absolute atomic E-state index is 14.5. The fraction of sp³-hybridized carbons (Fsp3) is 0.214. The number of rotatable bonds is 7. The van der Waals surface area contributed by atoms with E-state index in [0.717, 1.165) is 58.0 Å². The lowest BCUT2D eigenvalue weighted by Gasteiger charge is -2.19. The lowest BCUT2D eigenvalue weighted by Crippen LogP contribution is -2.14. The maximum atomic E-state index is 14.5. The second-order valence-corrected chi connectivity index (χ2v) is 8.83. The van der Waals surface area contributed by atoms with Gasteiger partial charge in [-0.15, -0.1) is 0 Å². The number of benzene rings is 2. The number of carboxylic acids is 1. The molecule has 35 heavy (non-hydrogen) atoms. The number of aryl methyl sites for hydroxylation is 1. The van der Waals surface area contributed by atoms with Gasteiger partial charge in [-0.05, 0) is 77.3 Å². The summed E-state index contributed by atoms with van der Waals surface area (Å²) in [5, 5.41) is 8.94. The minimum atomic E-state index is -1.29. The highest BCUT2D eigenvalue weighted by molar-refractivity contribution is 6.01. The Balaban J connectivity index is 1.71. The quantitative estimate of drug-likeness (QED) is 0.300. The fourth-order valence-electron chi connectivity index (χ4n) is 4.52. The number of fused-ring (bicyclic) bond motifs is 1. The van der Waals surface area contributed by atoms with Gasteiger partial charge in [0, 0.05) is 29.5 Å². The lowest BCUT2D eigenvalue weighted by atomic mass is 9.85. The standard InChI is InChI=1S/C28H26FN3O3/c1-16-13-24(35-2)30-15-22(16)27(19-8-9-19)26(18-6-3-17(4-7-18)5-12-25(33)34)20-10-11-23-21(14-20)28(29)32-31-23/h3-7,10-15,19,28,31-32H,8-9H2,1-2H3,(H,33,34)/b12-5+,27-26+. The van der Waals surface area contributed by atoms with Gasteiger partial charge in [0.15, 0.2) is 6.30 Å². The first kappa shape index (κ1) is 22.8. The summed E-state index contributed by atoms with van der Waals surface area (Å²) in [4.78, 5) is 15.4. The molecule has 2 heterocycles. The number of pyridine rings is 1. The number of nitrogens with one attached hydrogen (secondary N) is 2. The Morgan fingerprint density at radius 3 is 2.54 bits per heavy atom. The van der Waals surface area contributed by atoms with E-state index in [1.54, 1.807) is 13.2 Å². The van der Waals surface area contributed by atoms with Gasteiger partial charge in [-0.25, -0.2) is 19.6 Å². The SMILES string of the molecule is COc1cc(C)c(/C(=C(\c2ccc(/C=C/C(=O)O)cc2)c2ccc3c(c2)C(F)NN3)C2CC2)cn1. The van der Waals surface area contributed by atoms with Crippen LogP contribution in [0.3, 0.4) is 0 Å². The summed E-state index contributed by atoms with van der Waals surface area (Å²) < 4.78 is 19.9. The molecule has 3 aromatic rings. The van der Waals surface area contributed by atoms with E-state index < -0.39 is 12.3 Å². The van der Waals surface area contributed by atoms with Gasteiger partial charge in [0.05, 0.1) is 12.8 Å². The first-order valence-electron chi connectivity index (χ1n) is 11.5. The zero-order valence-corrected chi connectivity index (χ0v) is 19.5. The first-order chi connectivity index (χ1) is 16.9. The Labute approximate surface area is 203 Å². The Morgan fingerprint density at radius 2 is 1.89 bits per heavy atom. The molecule has 7 heteroatoms. The molecule has 1 aromatic heterocycles. The van der Waals surface area contributed by atoms with Crippen LogP contribution < -0.4 is 15.6 Å². The van der Waals surface area contributed by atoms with Crippen LogP contribution in [0, 0.1) is 12.8 Å². The average Bonchev–Trinajstić information content (AvgIpc) is 3.64. The van der Waals surface area contributed by atoms with Gasteiger partial charge in [-0.1, -0.05) is 30.3 Å². The molecule has 1 atom stereocenters. The van der Waals surface area contributed by atoms with E-state index >= 15 is 0 Å². The maximum Gasteiger partial charge on any atom is 0.328 e. The van der Waals surface area contributed by atoms with Gasteiger partial charge < -0.3 is 15.3 Å². The molecule has 1 saturated carbocycles. The summed E-state index contributed by atoms with van der Waals surface area (Å²) in [5.74, 6) is -0.0575. The van der Waals surface area contributed by atoms with E-state index in [1.165, 1.54) is 5.57 Å². The number of anilines is 1. The van der Waals surface area contributed by atoms with Crippen molar-refractivity contribution in [2.45, 2.75) is 26.1 Å². The molecular formula is C28H26FN3O3. The number of hydrogen-bond donors (Lipinski definition) is 3. The molecule has 178 valence electrons. The minimum Gasteiger partial charge on any atom is -0.481 e. The first-order valence-corrected chi connectivity index (χ1v) is 11.5. The number of halogens is 1. The number of allylic oxidation sites excluding steroid dienone is 1. The third-order valence-corrected chi connectivity index (χ3v) is 6.40. The number of methoxy groups -OCH3 is 1. The van der Waals surface area contributed by atoms with Crippen molar-refractivity contribution in [3.05, 3.63) is 94.2 Å². The average molecular weight is 472 g/mol. The van der Waals surface area contributed by atoms with Crippen LogP contribution in [0.25, 0.3) is 17.2 Å². The molecule has 5 rings (SSSR count). The van der Waals surface area contributed by atoms with Crippen molar-refractivity contribution in [2.24, 2.45) is 5.92 Å². The molecule has 0 saturated heterocycles. The van der Waals surface area contributed by atoms with Crippen LogP contribution in [0.15, 0.2) is 60.8 Å². The number of hydrazine groups is 1. The smallest absolute Gasteiger partial charge is 0.328 e. The summed E-state index contributed by atoms with van der Waals surface area (Å²) in [6.07, 6.45) is 5.40. The zero-order valence-electron chi connectivity index (χ0n) is 19.5. The van der Waals surface area contributed by atoms with Crippen molar-refractivity contribution in [2.75, 3.05) is 12.5 Å². The lowest BCUT2D eigenvalue weighted by molar-refractivity contribution is -0.131. The Morgan fingerprint density at radius 1 is 1.14 bits per heavy atom. The fourth-order valence-corrected chi connectivity index (χ4v) is 4.52. The Bertz CT molecular complexity index is 1340. The van der Waals surface area contributed by atoms with Crippen molar-refractivity contribution in [1.29, 1.82) is 0 Å². The number of aliphatic carboxylic acids is 1. The van der Waals surface area contributed by atoms with Crippen LogP contribution in [0.2, 0.25) is 0 Å². The third-order valence-electron chi connectivity index (χ3n) is 6.40. The van der Waals surface area contributed by atoms with E-state index in [-0.39, 0.29) is 0 Å². The highest BCUT2D eigenvalue weighted by Crippen LogP contribution is 2.49. The van der Waals surface area contributed by atoms with Gasteiger partial charge in [-0.2, -0.15) is 0 Å². The summed E-state index contributed by atoms with van der Waals surface area (Å²) in [5.41, 5.74) is 13.8. The highest BCUT2D eigenvalue weighted by Gasteiger charge is 2.32. The summed E-state index contributed by atoms with van der Waals surface area (Å²) in [6.45, 7) is 2.05. The molecule has 6 nitrogen and oxygen atoms in total. The predicted octanol–water partition coefficient (Wildman–Crippen LogP) is 5.76. The number of alkyl halides is 1. The van der Waals surface area contributed by atoms with Crippen LogP contribution in [0.5, 0.6) is 5.88 Å². The van der Waals surface area contributed by atoms with Crippen molar-refractivity contribution >= 4 is 28.9 Å². The van der Waals surface area contributed by atoms with Crippen LogP contribution >= 0.6 is 0 Å². The number of carboxylic acid groups (broad SMARTS) is 1. The second-order valence-electron chi connectivity index (χ2n) is 8.83. The zero-order chi connectivity index (χ0) is 24.5. The van der Waals surface area contributed by atoms with Crippen LogP contribution in [0.1, 0.15) is 52.5 Å². The Kier molecular flexibility index (Phi) is 6.09. The molecule has 0 spiro atoms. The van der Waals surface area contributed by atoms with E-state index in [4.69, 9.17) is 9.84 Å². The van der Waals surface area contributed by atoms with Crippen LogP contribution in [0.4, 0.5) is 10.1 Å². The van der Waals surface area contributed by atoms with Crippen molar-refractivity contribution in [1.82, 2.24) is 10.4 Å². The van der Waals surface area contributed by atoms with Crippen LogP contribution in [-0.2, 0) is 4.79 Å². The molecule has 1 unspecified atom stereocenters. The summed E-state index contributed by atoms with van der Waals surface area (Å²) in [6, 6.07) is 15.5. The third kappa shape index (κ3) is 4.68. The van der Waals surface area contributed by atoms with Crippen LogP contribution in [-0.4, -0.2) is 23.2 Å². The second kappa shape index (κ2) is 9.35. The van der Waals surface area contributed by atoms with E-state index in [0.29, 0.717) is 17.4 Å². The van der Waals surface area contributed by atoms with Gasteiger partial charge in [-0.3, -0.25) is 0 Å². The molecule has 1 aliphatic carbocycles. The molecule has 0 bridgehead atoms. The van der Waals surface area contributed by atoms with Crippen molar-refractivity contribution < 1.29 is 19.0 Å². The van der Waals surface area contributed by atoms with Crippen molar-refractivity contribution in [3.8, 4) is 5.88 Å². The topological polar surface area (TPSA) is 83.5 Å². The predicted molar refractivity (Wildman–Crippen MR) is 134 cm³/mol. The molecule has 2 aromatic carbocycles. The molecule has 1 fully saturated rings. The molecule has 1 aliphatic heterocycles. The number of hydrogen-bond acceptors (Lipinski definition) is 5. The van der Waals surface area contributed by atoms with E-state index in [1.807, 2.05) is 61.7 Å². The van der Waals surface area contributed by atoms with Gasteiger partial charge in [0.1, 0.15) is 0 Å². The summed E-state index contributed by atoms with van der Waals surface area (Å²) in [7, 11) is 1.60.